The van der Waals surface area contributed by atoms with Gasteiger partial charge in [-0.15, -0.1) is 11.8 Å². The lowest BCUT2D eigenvalue weighted by Gasteiger charge is -2.32. The van der Waals surface area contributed by atoms with Crippen LogP contribution in [0.1, 0.15) is 25.7 Å². The molecule has 2 nitrogen and oxygen atoms in total. The molecule has 0 saturated heterocycles. The van der Waals surface area contributed by atoms with Crippen LogP contribution in [0.15, 0.2) is 23.2 Å². The molecule has 100 valence electrons. The maximum absolute atomic E-state index is 5.95. The van der Waals surface area contributed by atoms with Gasteiger partial charge in [0.25, 0.3) is 0 Å². The Morgan fingerprint density at radius 2 is 2.11 bits per heavy atom. The minimum Gasteiger partial charge on any atom is -0.309 e. The zero-order chi connectivity index (χ0) is 13.0. The first kappa shape index (κ1) is 14.2. The highest BCUT2D eigenvalue weighted by Crippen LogP contribution is 2.37. The van der Waals surface area contributed by atoms with E-state index in [1.54, 1.807) is 0 Å². The highest BCUT2D eigenvalue weighted by molar-refractivity contribution is 7.99. The van der Waals surface area contributed by atoms with Crippen LogP contribution in [0.4, 0.5) is 0 Å². The molecule has 1 saturated carbocycles. The highest BCUT2D eigenvalue weighted by Gasteiger charge is 2.26. The van der Waals surface area contributed by atoms with E-state index < -0.39 is 0 Å². The molecule has 0 aromatic carbocycles. The summed E-state index contributed by atoms with van der Waals surface area (Å²) in [5.41, 5.74) is 0. The van der Waals surface area contributed by atoms with E-state index in [1.807, 2.05) is 23.9 Å². The zero-order valence-electron chi connectivity index (χ0n) is 11.1. The maximum atomic E-state index is 5.95. The summed E-state index contributed by atoms with van der Waals surface area (Å²) in [6.07, 6.45) is 5.37. The summed E-state index contributed by atoms with van der Waals surface area (Å²) in [5, 5.41) is 2.35. The number of aromatic nitrogens is 1. The lowest BCUT2D eigenvalue weighted by Crippen LogP contribution is -2.31. The van der Waals surface area contributed by atoms with Gasteiger partial charge >= 0.3 is 0 Å². The molecule has 4 heteroatoms. The fraction of sp³-hybridized carbons (Fsp3) is 0.643. The molecular formula is C14H21ClN2S. The fourth-order valence-corrected chi connectivity index (χ4v) is 4.15. The van der Waals surface area contributed by atoms with Gasteiger partial charge in [0.1, 0.15) is 5.15 Å². The van der Waals surface area contributed by atoms with Crippen LogP contribution in [0.5, 0.6) is 0 Å². The number of halogens is 1. The summed E-state index contributed by atoms with van der Waals surface area (Å²) >= 11 is 7.86. The van der Waals surface area contributed by atoms with Crippen LogP contribution < -0.4 is 0 Å². The van der Waals surface area contributed by atoms with Gasteiger partial charge in [0, 0.05) is 11.8 Å². The van der Waals surface area contributed by atoms with Gasteiger partial charge < -0.3 is 4.90 Å². The Kier molecular flexibility index (Phi) is 5.34. The lowest BCUT2D eigenvalue weighted by molar-refractivity contribution is 0.271. The van der Waals surface area contributed by atoms with Gasteiger partial charge in [-0.05, 0) is 45.0 Å². The summed E-state index contributed by atoms with van der Waals surface area (Å²) in [6, 6.07) is 5.89. The van der Waals surface area contributed by atoms with Crippen molar-refractivity contribution in [3.8, 4) is 0 Å². The standard InChI is InChI=1S/C14H21ClN2S/c1-17(2)10-11-6-3-4-7-12(11)18-14-9-5-8-13(15)16-14/h5,8-9,11-12H,3-4,6-7,10H2,1-2H3/t11-,12+/m1/s1. The summed E-state index contributed by atoms with van der Waals surface area (Å²) < 4.78 is 0. The maximum Gasteiger partial charge on any atom is 0.130 e. The van der Waals surface area contributed by atoms with E-state index in [9.17, 15) is 0 Å². The molecule has 0 spiro atoms. The van der Waals surface area contributed by atoms with E-state index in [2.05, 4.69) is 30.0 Å². The van der Waals surface area contributed by atoms with Crippen molar-refractivity contribution in [1.82, 2.24) is 9.88 Å². The molecule has 0 radical (unpaired) electrons. The van der Waals surface area contributed by atoms with Crippen molar-refractivity contribution in [2.24, 2.45) is 5.92 Å². The highest BCUT2D eigenvalue weighted by atomic mass is 35.5. The molecule has 0 unspecified atom stereocenters. The quantitative estimate of drug-likeness (QED) is 0.779. The van der Waals surface area contributed by atoms with Gasteiger partial charge in [0.2, 0.25) is 0 Å². The Balaban J connectivity index is 2.00. The second-order valence-electron chi connectivity index (χ2n) is 5.26. The van der Waals surface area contributed by atoms with E-state index in [0.717, 1.165) is 10.9 Å². The minimum atomic E-state index is 0.597. The summed E-state index contributed by atoms with van der Waals surface area (Å²) in [6.45, 7) is 1.18. The second-order valence-corrected chi connectivity index (χ2v) is 6.91. The molecule has 18 heavy (non-hydrogen) atoms. The Hall–Kier alpha value is -0.250. The van der Waals surface area contributed by atoms with Gasteiger partial charge in [-0.3, -0.25) is 0 Å². The van der Waals surface area contributed by atoms with Crippen LogP contribution in [0.25, 0.3) is 0 Å². The minimum absolute atomic E-state index is 0.597. The SMILES string of the molecule is CN(C)C[C@H]1CCCC[C@@H]1Sc1cccc(Cl)n1. The van der Waals surface area contributed by atoms with E-state index >= 15 is 0 Å². The van der Waals surface area contributed by atoms with E-state index in [0.29, 0.717) is 10.4 Å². The fourth-order valence-electron chi connectivity index (χ4n) is 2.62. The Labute approximate surface area is 119 Å². The Morgan fingerprint density at radius 3 is 2.83 bits per heavy atom. The van der Waals surface area contributed by atoms with Crippen LogP contribution in [-0.2, 0) is 0 Å². The molecule has 1 fully saturated rings. The molecule has 0 bridgehead atoms. The van der Waals surface area contributed by atoms with Gasteiger partial charge in [-0.2, -0.15) is 0 Å². The predicted octanol–water partition coefficient (Wildman–Crippen LogP) is 3.95. The zero-order valence-corrected chi connectivity index (χ0v) is 12.7. The van der Waals surface area contributed by atoms with Crippen molar-refractivity contribution in [1.29, 1.82) is 0 Å². The van der Waals surface area contributed by atoms with E-state index in [-0.39, 0.29) is 0 Å². The third-order valence-corrected chi connectivity index (χ3v) is 5.00. The van der Waals surface area contributed by atoms with Crippen LogP contribution >= 0.6 is 23.4 Å². The lowest BCUT2D eigenvalue weighted by atomic mass is 9.88. The van der Waals surface area contributed by atoms with Gasteiger partial charge in [0.05, 0.1) is 5.03 Å². The third-order valence-electron chi connectivity index (χ3n) is 3.40. The molecule has 1 heterocycles. The van der Waals surface area contributed by atoms with E-state index in [1.165, 1.54) is 32.2 Å². The normalized spacial score (nSPS) is 24.4. The molecular weight excluding hydrogens is 264 g/mol. The first-order valence-electron chi connectivity index (χ1n) is 6.59. The summed E-state index contributed by atoms with van der Waals surface area (Å²) in [7, 11) is 4.32. The van der Waals surface area contributed by atoms with Gasteiger partial charge in [0.15, 0.2) is 0 Å². The third kappa shape index (κ3) is 4.15. The van der Waals surface area contributed by atoms with Crippen LogP contribution in [0.2, 0.25) is 5.15 Å². The molecule has 1 aromatic rings. The molecule has 1 aromatic heterocycles. The number of hydrogen-bond donors (Lipinski definition) is 0. The number of thioether (sulfide) groups is 1. The van der Waals surface area contributed by atoms with Crippen molar-refractivity contribution in [3.05, 3.63) is 23.4 Å². The van der Waals surface area contributed by atoms with Crippen LogP contribution in [-0.4, -0.2) is 35.8 Å². The van der Waals surface area contributed by atoms with Crippen molar-refractivity contribution < 1.29 is 0 Å². The first-order chi connectivity index (χ1) is 8.65. The van der Waals surface area contributed by atoms with Gasteiger partial charge in [-0.25, -0.2) is 4.98 Å². The second kappa shape index (κ2) is 6.78. The molecule has 1 aliphatic rings. The van der Waals surface area contributed by atoms with Crippen LogP contribution in [0.3, 0.4) is 0 Å². The molecule has 2 atom stereocenters. The van der Waals surface area contributed by atoms with Crippen molar-refractivity contribution in [3.63, 3.8) is 0 Å². The average Bonchev–Trinajstić information content (AvgIpc) is 2.31. The molecule has 0 aliphatic heterocycles. The first-order valence-corrected chi connectivity index (χ1v) is 7.85. The topological polar surface area (TPSA) is 16.1 Å². The number of hydrogen-bond acceptors (Lipinski definition) is 3. The van der Waals surface area contributed by atoms with E-state index in [4.69, 9.17) is 11.6 Å². The van der Waals surface area contributed by atoms with Gasteiger partial charge in [-0.1, -0.05) is 30.5 Å². The number of pyridine rings is 1. The number of nitrogens with zero attached hydrogens (tertiary/aromatic N) is 2. The molecule has 0 N–H and O–H groups in total. The van der Waals surface area contributed by atoms with Crippen molar-refractivity contribution in [2.75, 3.05) is 20.6 Å². The summed E-state index contributed by atoms with van der Waals surface area (Å²) in [4.78, 5) is 6.70. The Bertz CT molecular complexity index is 384. The average molecular weight is 285 g/mol. The number of rotatable bonds is 4. The van der Waals surface area contributed by atoms with Crippen LogP contribution in [0, 0.1) is 5.92 Å². The van der Waals surface area contributed by atoms with Crippen molar-refractivity contribution in [2.45, 2.75) is 36.0 Å². The smallest absolute Gasteiger partial charge is 0.130 e. The monoisotopic (exact) mass is 284 g/mol. The van der Waals surface area contributed by atoms with Crippen molar-refractivity contribution >= 4 is 23.4 Å². The summed E-state index contributed by atoms with van der Waals surface area (Å²) in [5.74, 6) is 0.777. The molecule has 1 aliphatic carbocycles. The largest absolute Gasteiger partial charge is 0.309 e. The molecule has 0 amide bonds. The Morgan fingerprint density at radius 1 is 1.33 bits per heavy atom. The molecule has 2 rings (SSSR count). The predicted molar refractivity (Wildman–Crippen MR) is 79.4 cm³/mol.